The molecule has 0 aliphatic rings. The molecule has 1 aromatic rings. The molecule has 0 aliphatic carbocycles. The van der Waals surface area contributed by atoms with Crippen molar-refractivity contribution in [2.45, 2.75) is 20.8 Å². The minimum atomic E-state index is -0.0600. The smallest absolute Gasteiger partial charge is 0.223 e. The first-order valence-electron chi connectivity index (χ1n) is 5.13. The van der Waals surface area contributed by atoms with Gasteiger partial charge in [0.05, 0.1) is 6.61 Å². The van der Waals surface area contributed by atoms with Gasteiger partial charge in [-0.2, -0.15) is 0 Å². The van der Waals surface area contributed by atoms with Crippen molar-refractivity contribution in [1.82, 2.24) is 0 Å². The summed E-state index contributed by atoms with van der Waals surface area (Å²) in [5.74, 6) is -0.0600. The fraction of sp³-hybridized carbons (Fsp3) is 0.417. The molecule has 1 rings (SSSR count). The zero-order valence-corrected chi connectivity index (χ0v) is 11.3. The molecule has 0 bridgehead atoms. The van der Waals surface area contributed by atoms with Crippen LogP contribution in [0.25, 0.3) is 0 Å². The zero-order chi connectivity index (χ0) is 12.3. The molecule has 0 aromatic heterocycles. The summed E-state index contributed by atoms with van der Waals surface area (Å²) in [6.07, 6.45) is 0. The summed E-state index contributed by atoms with van der Waals surface area (Å²) in [6, 6.07) is 3.88. The summed E-state index contributed by atoms with van der Waals surface area (Å²) in [7, 11) is 0. The van der Waals surface area contributed by atoms with Crippen LogP contribution in [0.3, 0.4) is 0 Å². The number of aliphatic hydroxyl groups excluding tert-OH is 1. The van der Waals surface area contributed by atoms with E-state index in [0.29, 0.717) is 6.54 Å². The Hall–Kier alpha value is -0.870. The molecule has 0 fully saturated rings. The lowest BCUT2D eigenvalue weighted by Gasteiger charge is -2.21. The van der Waals surface area contributed by atoms with Crippen LogP contribution in [-0.4, -0.2) is 24.2 Å². The van der Waals surface area contributed by atoms with Crippen molar-refractivity contribution in [2.24, 2.45) is 0 Å². The third-order valence-electron chi connectivity index (χ3n) is 2.44. The Morgan fingerprint density at radius 3 is 2.25 bits per heavy atom. The molecule has 0 spiro atoms. The maximum Gasteiger partial charge on any atom is 0.223 e. The Bertz CT molecular complexity index is 381. The van der Waals surface area contributed by atoms with Crippen LogP contribution in [0, 0.1) is 13.8 Å². The average Bonchev–Trinajstić information content (AvgIpc) is 2.21. The number of amides is 1. The summed E-state index contributed by atoms with van der Waals surface area (Å²) in [6.45, 7) is 5.77. The molecule has 0 saturated heterocycles. The summed E-state index contributed by atoms with van der Waals surface area (Å²) in [5, 5.41) is 8.94. The number of rotatable bonds is 3. The fourth-order valence-electron chi connectivity index (χ4n) is 1.65. The molecule has 0 saturated carbocycles. The largest absolute Gasteiger partial charge is 0.395 e. The highest BCUT2D eigenvalue weighted by atomic mass is 79.9. The maximum atomic E-state index is 11.4. The second-order valence-corrected chi connectivity index (χ2v) is 4.58. The van der Waals surface area contributed by atoms with E-state index >= 15 is 0 Å². The van der Waals surface area contributed by atoms with Gasteiger partial charge in [0, 0.05) is 23.6 Å². The normalized spacial score (nSPS) is 10.3. The SMILES string of the molecule is CC(=O)N(CCO)c1cc(C)c(Br)c(C)c1. The predicted octanol–water partition coefficient (Wildman–Crippen LogP) is 2.41. The molecule has 3 nitrogen and oxygen atoms in total. The number of carbonyl (C=O) groups excluding carboxylic acids is 1. The topological polar surface area (TPSA) is 40.5 Å². The molecular formula is C12H16BrNO2. The average molecular weight is 286 g/mol. The van der Waals surface area contributed by atoms with Crippen molar-refractivity contribution in [3.63, 3.8) is 0 Å². The Morgan fingerprint density at radius 1 is 1.38 bits per heavy atom. The number of nitrogens with zero attached hydrogens (tertiary/aromatic N) is 1. The van der Waals surface area contributed by atoms with Crippen LogP contribution in [0.15, 0.2) is 16.6 Å². The van der Waals surface area contributed by atoms with Gasteiger partial charge in [0.15, 0.2) is 0 Å². The lowest BCUT2D eigenvalue weighted by atomic mass is 10.1. The Labute approximate surface area is 104 Å². The van der Waals surface area contributed by atoms with Crippen LogP contribution < -0.4 is 4.90 Å². The van der Waals surface area contributed by atoms with E-state index in [1.54, 1.807) is 4.90 Å². The number of carbonyl (C=O) groups is 1. The van der Waals surface area contributed by atoms with Crippen LogP contribution in [0.2, 0.25) is 0 Å². The number of aliphatic hydroxyl groups is 1. The molecule has 88 valence electrons. The number of hydrogen-bond acceptors (Lipinski definition) is 2. The molecule has 1 amide bonds. The van der Waals surface area contributed by atoms with Crippen molar-refractivity contribution in [3.05, 3.63) is 27.7 Å². The Morgan fingerprint density at radius 2 is 1.88 bits per heavy atom. The maximum absolute atomic E-state index is 11.4. The molecule has 1 N–H and O–H groups in total. The molecule has 4 heteroatoms. The van der Waals surface area contributed by atoms with E-state index in [1.165, 1.54) is 6.92 Å². The lowest BCUT2D eigenvalue weighted by molar-refractivity contribution is -0.116. The molecule has 0 radical (unpaired) electrons. The third kappa shape index (κ3) is 2.83. The zero-order valence-electron chi connectivity index (χ0n) is 9.75. The van der Waals surface area contributed by atoms with Crippen molar-refractivity contribution in [1.29, 1.82) is 0 Å². The van der Waals surface area contributed by atoms with Gasteiger partial charge in [-0.3, -0.25) is 4.79 Å². The first-order chi connectivity index (χ1) is 7.47. The number of anilines is 1. The van der Waals surface area contributed by atoms with Crippen molar-refractivity contribution in [2.75, 3.05) is 18.1 Å². The van der Waals surface area contributed by atoms with Gasteiger partial charge < -0.3 is 10.0 Å². The third-order valence-corrected chi connectivity index (χ3v) is 3.69. The molecule has 16 heavy (non-hydrogen) atoms. The number of benzene rings is 1. The van der Waals surface area contributed by atoms with Crippen LogP contribution in [0.5, 0.6) is 0 Å². The van der Waals surface area contributed by atoms with Crippen LogP contribution in [0.1, 0.15) is 18.1 Å². The summed E-state index contributed by atoms with van der Waals surface area (Å²) < 4.78 is 1.06. The highest BCUT2D eigenvalue weighted by molar-refractivity contribution is 9.10. The van der Waals surface area contributed by atoms with Crippen LogP contribution in [0.4, 0.5) is 5.69 Å². The van der Waals surface area contributed by atoms with Gasteiger partial charge in [0.25, 0.3) is 0 Å². The van der Waals surface area contributed by atoms with E-state index < -0.39 is 0 Å². The Kier molecular flexibility index (Phi) is 4.50. The number of halogens is 1. The van der Waals surface area contributed by atoms with Gasteiger partial charge in [-0.1, -0.05) is 15.9 Å². The lowest BCUT2D eigenvalue weighted by Crippen LogP contribution is -2.31. The van der Waals surface area contributed by atoms with Crippen LogP contribution in [-0.2, 0) is 4.79 Å². The van der Waals surface area contributed by atoms with E-state index in [2.05, 4.69) is 15.9 Å². The van der Waals surface area contributed by atoms with Gasteiger partial charge >= 0.3 is 0 Å². The molecule has 0 atom stereocenters. The molecule has 0 heterocycles. The highest BCUT2D eigenvalue weighted by Crippen LogP contribution is 2.27. The standard InChI is InChI=1S/C12H16BrNO2/c1-8-6-11(7-9(2)12(8)13)14(4-5-15)10(3)16/h6-7,15H,4-5H2,1-3H3. The second-order valence-electron chi connectivity index (χ2n) is 3.79. The predicted molar refractivity (Wildman–Crippen MR) is 68.7 cm³/mol. The van der Waals surface area contributed by atoms with Crippen molar-refractivity contribution >= 4 is 27.5 Å². The highest BCUT2D eigenvalue weighted by Gasteiger charge is 2.12. The second kappa shape index (κ2) is 5.46. The summed E-state index contributed by atoms with van der Waals surface area (Å²) >= 11 is 3.49. The first kappa shape index (κ1) is 13.2. The van der Waals surface area contributed by atoms with Gasteiger partial charge in [0.1, 0.15) is 0 Å². The van der Waals surface area contributed by atoms with E-state index in [0.717, 1.165) is 21.3 Å². The molecule has 0 unspecified atom stereocenters. The molecular weight excluding hydrogens is 270 g/mol. The summed E-state index contributed by atoms with van der Waals surface area (Å²) in [4.78, 5) is 13.0. The number of hydrogen-bond donors (Lipinski definition) is 1. The van der Waals surface area contributed by atoms with E-state index in [4.69, 9.17) is 5.11 Å². The van der Waals surface area contributed by atoms with Gasteiger partial charge in [-0.15, -0.1) is 0 Å². The van der Waals surface area contributed by atoms with Gasteiger partial charge in [-0.25, -0.2) is 0 Å². The van der Waals surface area contributed by atoms with Gasteiger partial charge in [-0.05, 0) is 37.1 Å². The van der Waals surface area contributed by atoms with E-state index in [-0.39, 0.29) is 12.5 Å². The van der Waals surface area contributed by atoms with Crippen molar-refractivity contribution in [3.8, 4) is 0 Å². The molecule has 0 aliphatic heterocycles. The first-order valence-corrected chi connectivity index (χ1v) is 5.92. The Balaban J connectivity index is 3.15. The fourth-order valence-corrected chi connectivity index (χ4v) is 1.88. The van der Waals surface area contributed by atoms with E-state index in [1.807, 2.05) is 26.0 Å². The van der Waals surface area contributed by atoms with Crippen molar-refractivity contribution < 1.29 is 9.90 Å². The monoisotopic (exact) mass is 285 g/mol. The quantitative estimate of drug-likeness (QED) is 0.927. The molecule has 1 aromatic carbocycles. The summed E-state index contributed by atoms with van der Waals surface area (Å²) in [5.41, 5.74) is 3.00. The van der Waals surface area contributed by atoms with E-state index in [9.17, 15) is 4.79 Å². The minimum absolute atomic E-state index is 0.0340. The minimum Gasteiger partial charge on any atom is -0.395 e. The number of aryl methyl sites for hydroxylation is 2. The van der Waals surface area contributed by atoms with Crippen LogP contribution >= 0.6 is 15.9 Å². The van der Waals surface area contributed by atoms with Gasteiger partial charge in [0.2, 0.25) is 5.91 Å².